The molecule has 1 heterocycles. The summed E-state index contributed by atoms with van der Waals surface area (Å²) in [6.45, 7) is 3.65. The van der Waals surface area contributed by atoms with Gasteiger partial charge in [-0.25, -0.2) is 0 Å². The summed E-state index contributed by atoms with van der Waals surface area (Å²) in [5.41, 5.74) is 1.61. The number of nitrogens with one attached hydrogen (secondary N) is 1. The Morgan fingerprint density at radius 2 is 2.06 bits per heavy atom. The molecule has 1 unspecified atom stereocenters. The first kappa shape index (κ1) is 12.7. The van der Waals surface area contributed by atoms with Crippen LogP contribution < -0.4 is 5.32 Å². The first-order valence-electron chi connectivity index (χ1n) is 7.62. The zero-order chi connectivity index (χ0) is 12.4. The van der Waals surface area contributed by atoms with Gasteiger partial charge in [0.2, 0.25) is 0 Å². The Morgan fingerprint density at radius 1 is 1.22 bits per heavy atom. The molecule has 1 aromatic heterocycles. The Balaban J connectivity index is 1.52. The zero-order valence-corrected chi connectivity index (χ0v) is 12.3. The van der Waals surface area contributed by atoms with Crippen LogP contribution in [0.1, 0.15) is 61.9 Å². The maximum absolute atomic E-state index is 3.86. The van der Waals surface area contributed by atoms with Gasteiger partial charge in [-0.1, -0.05) is 19.8 Å². The lowest BCUT2D eigenvalue weighted by Gasteiger charge is -2.30. The molecular formula is C16H25NS. The van der Waals surface area contributed by atoms with E-state index in [-0.39, 0.29) is 0 Å². The molecule has 0 aromatic carbocycles. The summed E-state index contributed by atoms with van der Waals surface area (Å²) in [5, 5.41) is 6.13. The summed E-state index contributed by atoms with van der Waals surface area (Å²) in [6, 6.07) is 3.00. The van der Waals surface area contributed by atoms with Gasteiger partial charge in [-0.2, -0.15) is 0 Å². The van der Waals surface area contributed by atoms with Crippen LogP contribution in [0.4, 0.5) is 0 Å². The van der Waals surface area contributed by atoms with E-state index in [2.05, 4.69) is 23.7 Å². The third kappa shape index (κ3) is 2.80. The van der Waals surface area contributed by atoms with Crippen molar-refractivity contribution in [2.75, 3.05) is 6.54 Å². The van der Waals surface area contributed by atoms with Crippen molar-refractivity contribution in [3.8, 4) is 0 Å². The van der Waals surface area contributed by atoms with Gasteiger partial charge in [0.15, 0.2) is 0 Å². The molecule has 0 aliphatic heterocycles. The molecule has 0 bridgehead atoms. The van der Waals surface area contributed by atoms with Gasteiger partial charge in [0.1, 0.15) is 0 Å². The quantitative estimate of drug-likeness (QED) is 0.844. The van der Waals surface area contributed by atoms with Crippen LogP contribution >= 0.6 is 11.3 Å². The summed E-state index contributed by atoms with van der Waals surface area (Å²) in [4.78, 5) is 1.64. The predicted molar refractivity (Wildman–Crippen MR) is 79.1 cm³/mol. The Kier molecular flexibility index (Phi) is 4.05. The van der Waals surface area contributed by atoms with Crippen molar-refractivity contribution in [3.63, 3.8) is 0 Å². The van der Waals surface area contributed by atoms with Crippen LogP contribution in [0.5, 0.6) is 0 Å². The van der Waals surface area contributed by atoms with Crippen molar-refractivity contribution in [3.05, 3.63) is 21.9 Å². The minimum atomic E-state index is 0.652. The van der Waals surface area contributed by atoms with E-state index in [0.29, 0.717) is 6.04 Å². The lowest BCUT2D eigenvalue weighted by molar-refractivity contribution is 0.270. The second kappa shape index (κ2) is 5.75. The summed E-state index contributed by atoms with van der Waals surface area (Å²) in [7, 11) is 0. The Hall–Kier alpha value is -0.340. The van der Waals surface area contributed by atoms with Crippen LogP contribution in [0.2, 0.25) is 0 Å². The normalized spacial score (nSPS) is 32.2. The standard InChI is InChI=1S/C16H25NS/c1-12-5-7-13(8-6-12)11-17-15-3-2-4-16-14(15)9-10-18-16/h9-10,12-13,15,17H,2-8,11H2,1H3. The van der Waals surface area contributed by atoms with Crippen molar-refractivity contribution < 1.29 is 0 Å². The van der Waals surface area contributed by atoms with Crippen LogP contribution in [0.3, 0.4) is 0 Å². The number of thiophene rings is 1. The molecule has 1 nitrogen and oxygen atoms in total. The summed E-state index contributed by atoms with van der Waals surface area (Å²) in [6.07, 6.45) is 9.79. The van der Waals surface area contributed by atoms with Gasteiger partial charge in [-0.05, 0) is 67.5 Å². The molecule has 0 spiro atoms. The van der Waals surface area contributed by atoms with Crippen molar-refractivity contribution in [1.82, 2.24) is 5.32 Å². The highest BCUT2D eigenvalue weighted by molar-refractivity contribution is 7.10. The van der Waals surface area contributed by atoms with E-state index in [9.17, 15) is 0 Å². The number of aryl methyl sites for hydroxylation is 1. The number of rotatable bonds is 3. The lowest BCUT2D eigenvalue weighted by Crippen LogP contribution is -2.30. The van der Waals surface area contributed by atoms with Gasteiger partial charge in [0, 0.05) is 10.9 Å². The van der Waals surface area contributed by atoms with Gasteiger partial charge in [-0.3, -0.25) is 0 Å². The molecule has 100 valence electrons. The molecule has 1 atom stereocenters. The highest BCUT2D eigenvalue weighted by Crippen LogP contribution is 2.34. The molecule has 2 aliphatic carbocycles. The average Bonchev–Trinajstić information content (AvgIpc) is 2.87. The van der Waals surface area contributed by atoms with Gasteiger partial charge >= 0.3 is 0 Å². The second-order valence-corrected chi connectivity index (χ2v) is 7.28. The highest BCUT2D eigenvalue weighted by atomic mass is 32.1. The monoisotopic (exact) mass is 263 g/mol. The minimum absolute atomic E-state index is 0.652. The molecule has 2 aliphatic rings. The molecule has 2 heteroatoms. The summed E-state index contributed by atoms with van der Waals surface area (Å²) >= 11 is 1.95. The fourth-order valence-corrected chi connectivity index (χ4v) is 4.53. The fraction of sp³-hybridized carbons (Fsp3) is 0.750. The topological polar surface area (TPSA) is 12.0 Å². The van der Waals surface area contributed by atoms with E-state index in [0.717, 1.165) is 11.8 Å². The predicted octanol–water partition coefficient (Wildman–Crippen LogP) is 4.54. The molecule has 1 saturated carbocycles. The SMILES string of the molecule is CC1CCC(CNC2CCCc3sccc32)CC1. The molecule has 1 aromatic rings. The molecule has 3 rings (SSSR count). The zero-order valence-electron chi connectivity index (χ0n) is 11.5. The first-order chi connectivity index (χ1) is 8.83. The van der Waals surface area contributed by atoms with E-state index < -0.39 is 0 Å². The van der Waals surface area contributed by atoms with Crippen LogP contribution in [-0.4, -0.2) is 6.54 Å². The highest BCUT2D eigenvalue weighted by Gasteiger charge is 2.23. The Bertz CT molecular complexity index is 376. The molecule has 0 saturated heterocycles. The van der Waals surface area contributed by atoms with Crippen molar-refractivity contribution in [1.29, 1.82) is 0 Å². The second-order valence-electron chi connectivity index (χ2n) is 6.28. The minimum Gasteiger partial charge on any atom is -0.310 e. The average molecular weight is 263 g/mol. The molecule has 0 radical (unpaired) electrons. The van der Waals surface area contributed by atoms with Gasteiger partial charge in [0.05, 0.1) is 0 Å². The van der Waals surface area contributed by atoms with E-state index >= 15 is 0 Å². The van der Waals surface area contributed by atoms with E-state index in [1.165, 1.54) is 51.5 Å². The fourth-order valence-electron chi connectivity index (χ4n) is 3.54. The van der Waals surface area contributed by atoms with Gasteiger partial charge in [-0.15, -0.1) is 11.3 Å². The molecule has 1 N–H and O–H groups in total. The van der Waals surface area contributed by atoms with E-state index in [4.69, 9.17) is 0 Å². The largest absolute Gasteiger partial charge is 0.310 e. The van der Waals surface area contributed by atoms with Crippen molar-refractivity contribution in [2.45, 2.75) is 57.9 Å². The van der Waals surface area contributed by atoms with Crippen molar-refractivity contribution >= 4 is 11.3 Å². The molecule has 0 amide bonds. The first-order valence-corrected chi connectivity index (χ1v) is 8.50. The number of fused-ring (bicyclic) bond motifs is 1. The van der Waals surface area contributed by atoms with E-state index in [1.54, 1.807) is 10.4 Å². The van der Waals surface area contributed by atoms with Crippen molar-refractivity contribution in [2.24, 2.45) is 11.8 Å². The maximum Gasteiger partial charge on any atom is 0.0331 e. The third-order valence-electron chi connectivity index (χ3n) is 4.84. The maximum atomic E-state index is 3.86. The molecule has 18 heavy (non-hydrogen) atoms. The van der Waals surface area contributed by atoms with E-state index in [1.807, 2.05) is 11.3 Å². The lowest BCUT2D eigenvalue weighted by atomic mass is 9.82. The number of hydrogen-bond acceptors (Lipinski definition) is 2. The van der Waals surface area contributed by atoms with Crippen LogP contribution in [0, 0.1) is 11.8 Å². The van der Waals surface area contributed by atoms with Gasteiger partial charge < -0.3 is 5.32 Å². The molecular weight excluding hydrogens is 238 g/mol. The third-order valence-corrected chi connectivity index (χ3v) is 5.84. The Morgan fingerprint density at radius 3 is 2.89 bits per heavy atom. The van der Waals surface area contributed by atoms with Crippen LogP contribution in [0.25, 0.3) is 0 Å². The smallest absolute Gasteiger partial charge is 0.0331 e. The number of hydrogen-bond donors (Lipinski definition) is 1. The molecule has 1 fully saturated rings. The van der Waals surface area contributed by atoms with Crippen LogP contribution in [-0.2, 0) is 6.42 Å². The summed E-state index contributed by atoms with van der Waals surface area (Å²) in [5.74, 6) is 1.91. The summed E-state index contributed by atoms with van der Waals surface area (Å²) < 4.78 is 0. The van der Waals surface area contributed by atoms with Gasteiger partial charge in [0.25, 0.3) is 0 Å². The van der Waals surface area contributed by atoms with Crippen LogP contribution in [0.15, 0.2) is 11.4 Å². The Labute approximate surface area is 115 Å².